The summed E-state index contributed by atoms with van der Waals surface area (Å²) in [6, 6.07) is 6.91. The van der Waals surface area contributed by atoms with Crippen molar-refractivity contribution in [3.05, 3.63) is 29.8 Å². The maximum Gasteiger partial charge on any atom is 0.263 e. The van der Waals surface area contributed by atoms with Gasteiger partial charge in [0, 0.05) is 6.54 Å². The van der Waals surface area contributed by atoms with E-state index in [2.05, 4.69) is 5.32 Å². The molecular formula is C12H16N2O3S. The molecule has 1 fully saturated rings. The maximum atomic E-state index is 12.0. The third-order valence-corrected chi connectivity index (χ3v) is 5.46. The van der Waals surface area contributed by atoms with E-state index in [0.29, 0.717) is 12.2 Å². The van der Waals surface area contributed by atoms with E-state index in [1.54, 1.807) is 24.3 Å². The third-order valence-electron chi connectivity index (χ3n) is 3.14. The molecule has 1 saturated heterocycles. The molecule has 18 heavy (non-hydrogen) atoms. The Morgan fingerprint density at radius 1 is 1.22 bits per heavy atom. The number of nitrogens with one attached hydrogen (secondary N) is 1. The molecular weight excluding hydrogens is 252 g/mol. The Bertz CT molecular complexity index is 576. The standard InChI is InChI=1S/C12H16N2O3S/c1-12(2)11(15)14(18(12,16)17)10-6-4-9(5-7-10)8-13-3/h4-7,13H,8H2,1-3H3. The molecule has 1 aliphatic heterocycles. The molecule has 0 aliphatic carbocycles. The summed E-state index contributed by atoms with van der Waals surface area (Å²) in [5.41, 5.74) is 1.44. The van der Waals surface area contributed by atoms with E-state index in [-0.39, 0.29) is 5.91 Å². The minimum atomic E-state index is -3.56. The van der Waals surface area contributed by atoms with Gasteiger partial charge < -0.3 is 5.32 Å². The summed E-state index contributed by atoms with van der Waals surface area (Å²) in [5, 5.41) is 3.00. The first kappa shape index (κ1) is 13.0. The van der Waals surface area contributed by atoms with Crippen molar-refractivity contribution >= 4 is 21.6 Å². The fraction of sp³-hybridized carbons (Fsp3) is 0.417. The van der Waals surface area contributed by atoms with Crippen LogP contribution in [0, 0.1) is 0 Å². The number of carbonyl (C=O) groups excluding carboxylic acids is 1. The van der Waals surface area contributed by atoms with E-state index >= 15 is 0 Å². The maximum absolute atomic E-state index is 12.0. The first-order valence-corrected chi connectivity index (χ1v) is 7.09. The summed E-state index contributed by atoms with van der Waals surface area (Å²) < 4.78 is 23.5. The van der Waals surface area contributed by atoms with Crippen molar-refractivity contribution in [1.29, 1.82) is 0 Å². The van der Waals surface area contributed by atoms with Crippen molar-refractivity contribution in [2.45, 2.75) is 25.1 Å². The van der Waals surface area contributed by atoms with Crippen LogP contribution in [0.4, 0.5) is 5.69 Å². The van der Waals surface area contributed by atoms with Crippen molar-refractivity contribution in [3.63, 3.8) is 0 Å². The number of nitrogens with zero attached hydrogens (tertiary/aromatic N) is 1. The number of benzene rings is 1. The van der Waals surface area contributed by atoms with Crippen LogP contribution in [0.5, 0.6) is 0 Å². The first-order chi connectivity index (χ1) is 8.32. The fourth-order valence-electron chi connectivity index (χ4n) is 1.86. The van der Waals surface area contributed by atoms with Crippen molar-refractivity contribution in [3.8, 4) is 0 Å². The molecule has 0 unspecified atom stereocenters. The molecule has 6 heteroatoms. The van der Waals surface area contributed by atoms with Crippen molar-refractivity contribution in [2.75, 3.05) is 11.4 Å². The zero-order chi connectivity index (χ0) is 13.6. The van der Waals surface area contributed by atoms with E-state index in [0.717, 1.165) is 9.87 Å². The highest BCUT2D eigenvalue weighted by Crippen LogP contribution is 2.38. The highest BCUT2D eigenvalue weighted by molar-refractivity contribution is 7.98. The van der Waals surface area contributed by atoms with Gasteiger partial charge in [-0.3, -0.25) is 4.79 Å². The minimum absolute atomic E-state index is 0.385. The normalized spacial score (nSPS) is 20.6. The third kappa shape index (κ3) is 1.64. The zero-order valence-corrected chi connectivity index (χ0v) is 11.4. The molecule has 0 spiro atoms. The molecule has 1 aromatic rings. The van der Waals surface area contributed by atoms with Gasteiger partial charge in [-0.15, -0.1) is 0 Å². The number of sulfonamides is 1. The number of rotatable bonds is 3. The van der Waals surface area contributed by atoms with Crippen LogP contribution >= 0.6 is 0 Å². The van der Waals surface area contributed by atoms with Gasteiger partial charge in [0.05, 0.1) is 5.69 Å². The lowest BCUT2D eigenvalue weighted by Crippen LogP contribution is -2.67. The Morgan fingerprint density at radius 3 is 2.22 bits per heavy atom. The average Bonchev–Trinajstić information content (AvgIpc) is 2.31. The van der Waals surface area contributed by atoms with E-state index in [1.807, 2.05) is 7.05 Å². The summed E-state index contributed by atoms with van der Waals surface area (Å²) >= 11 is 0. The monoisotopic (exact) mass is 268 g/mol. The molecule has 2 rings (SSSR count). The van der Waals surface area contributed by atoms with Crippen LogP contribution in [0.25, 0.3) is 0 Å². The Kier molecular flexibility index (Phi) is 2.95. The van der Waals surface area contributed by atoms with Crippen LogP contribution in [-0.2, 0) is 21.4 Å². The first-order valence-electron chi connectivity index (χ1n) is 5.65. The van der Waals surface area contributed by atoms with Crippen LogP contribution in [-0.4, -0.2) is 26.1 Å². The van der Waals surface area contributed by atoms with Crippen LogP contribution in [0.1, 0.15) is 19.4 Å². The molecule has 0 bridgehead atoms. The summed E-state index contributed by atoms with van der Waals surface area (Å²) in [4.78, 5) is 11.8. The predicted octanol–water partition coefficient (Wildman–Crippen LogP) is 0.861. The molecule has 1 amide bonds. The van der Waals surface area contributed by atoms with Crippen LogP contribution < -0.4 is 9.62 Å². The van der Waals surface area contributed by atoms with E-state index in [9.17, 15) is 13.2 Å². The second-order valence-corrected chi connectivity index (χ2v) is 7.12. The summed E-state index contributed by atoms with van der Waals surface area (Å²) in [5.74, 6) is -0.385. The lowest BCUT2D eigenvalue weighted by molar-refractivity contribution is -0.120. The minimum Gasteiger partial charge on any atom is -0.316 e. The average molecular weight is 268 g/mol. The van der Waals surface area contributed by atoms with Crippen molar-refractivity contribution < 1.29 is 13.2 Å². The van der Waals surface area contributed by atoms with Crippen LogP contribution in [0.2, 0.25) is 0 Å². The summed E-state index contributed by atoms with van der Waals surface area (Å²) in [6.45, 7) is 3.56. The van der Waals surface area contributed by atoms with E-state index in [4.69, 9.17) is 0 Å². The SMILES string of the molecule is CNCc1ccc(N2C(=O)C(C)(C)S2(=O)=O)cc1. The van der Waals surface area contributed by atoms with Gasteiger partial charge in [-0.05, 0) is 38.6 Å². The van der Waals surface area contributed by atoms with Gasteiger partial charge in [0.2, 0.25) is 0 Å². The number of anilines is 1. The molecule has 0 radical (unpaired) electrons. The molecule has 0 aromatic heterocycles. The smallest absolute Gasteiger partial charge is 0.263 e. The predicted molar refractivity (Wildman–Crippen MR) is 69.7 cm³/mol. The summed E-state index contributed by atoms with van der Waals surface area (Å²) in [7, 11) is -1.73. The molecule has 0 saturated carbocycles. The quantitative estimate of drug-likeness (QED) is 0.883. The topological polar surface area (TPSA) is 66.5 Å². The van der Waals surface area contributed by atoms with Crippen molar-refractivity contribution in [1.82, 2.24) is 5.32 Å². The van der Waals surface area contributed by atoms with Crippen molar-refractivity contribution in [2.24, 2.45) is 0 Å². The van der Waals surface area contributed by atoms with Gasteiger partial charge in [0.15, 0.2) is 4.75 Å². The highest BCUT2D eigenvalue weighted by atomic mass is 32.2. The van der Waals surface area contributed by atoms with E-state index < -0.39 is 14.8 Å². The molecule has 1 aromatic carbocycles. The van der Waals surface area contributed by atoms with Gasteiger partial charge in [-0.2, -0.15) is 0 Å². The number of carbonyl (C=O) groups is 1. The number of amides is 1. The summed E-state index contributed by atoms with van der Waals surface area (Å²) in [6.07, 6.45) is 0. The van der Waals surface area contributed by atoms with Gasteiger partial charge in [0.25, 0.3) is 15.9 Å². The largest absolute Gasteiger partial charge is 0.316 e. The zero-order valence-electron chi connectivity index (χ0n) is 10.6. The Morgan fingerprint density at radius 2 is 1.78 bits per heavy atom. The van der Waals surface area contributed by atoms with Gasteiger partial charge in [-0.1, -0.05) is 12.1 Å². The Hall–Kier alpha value is -1.40. The molecule has 1 heterocycles. The number of hydrogen-bond donors (Lipinski definition) is 1. The highest BCUT2D eigenvalue weighted by Gasteiger charge is 2.60. The molecule has 1 N–H and O–H groups in total. The molecule has 0 atom stereocenters. The fourth-order valence-corrected chi connectivity index (χ4v) is 3.34. The molecule has 98 valence electrons. The second kappa shape index (κ2) is 4.07. The Labute approximate surface area is 107 Å². The lowest BCUT2D eigenvalue weighted by atomic mass is 10.1. The van der Waals surface area contributed by atoms with Crippen LogP contribution in [0.3, 0.4) is 0 Å². The van der Waals surface area contributed by atoms with Crippen LogP contribution in [0.15, 0.2) is 24.3 Å². The van der Waals surface area contributed by atoms with Gasteiger partial charge >= 0.3 is 0 Å². The molecule has 1 aliphatic rings. The van der Waals surface area contributed by atoms with Gasteiger partial charge in [-0.25, -0.2) is 12.7 Å². The van der Waals surface area contributed by atoms with E-state index in [1.165, 1.54) is 13.8 Å². The molecule has 5 nitrogen and oxygen atoms in total. The lowest BCUT2D eigenvalue weighted by Gasteiger charge is -2.42. The second-order valence-electron chi connectivity index (χ2n) is 4.78. The Balaban J connectivity index is 2.32. The van der Waals surface area contributed by atoms with Gasteiger partial charge in [0.1, 0.15) is 0 Å². The number of hydrogen-bond acceptors (Lipinski definition) is 4.